The summed E-state index contributed by atoms with van der Waals surface area (Å²) in [5.41, 5.74) is 2.79. The van der Waals surface area contributed by atoms with Gasteiger partial charge in [-0.25, -0.2) is 4.98 Å². The highest BCUT2D eigenvalue weighted by atomic mass is 16.5. The molecule has 3 heterocycles. The van der Waals surface area contributed by atoms with Crippen LogP contribution in [0, 0.1) is 0 Å². The zero-order valence-electron chi connectivity index (χ0n) is 8.29. The molecule has 2 aliphatic rings. The number of aromatic nitrogens is 1. The molecule has 14 heavy (non-hydrogen) atoms. The van der Waals surface area contributed by atoms with Crippen molar-refractivity contribution in [1.82, 2.24) is 10.3 Å². The quantitative estimate of drug-likeness (QED) is 0.727. The van der Waals surface area contributed by atoms with Gasteiger partial charge in [-0.2, -0.15) is 0 Å². The number of nitrogens with one attached hydrogen (secondary N) is 1. The Labute approximate surface area is 83.5 Å². The summed E-state index contributed by atoms with van der Waals surface area (Å²) in [7, 11) is 1.67. The van der Waals surface area contributed by atoms with E-state index >= 15 is 0 Å². The van der Waals surface area contributed by atoms with Gasteiger partial charge in [0.15, 0.2) is 0 Å². The monoisotopic (exact) mass is 190 g/mol. The molecule has 0 aromatic carbocycles. The van der Waals surface area contributed by atoms with Gasteiger partial charge in [0.25, 0.3) is 0 Å². The number of rotatable bonds is 1. The SMILES string of the molecule is COc1cc2c(cn1)C1CCC(C2)N1. The molecule has 0 radical (unpaired) electrons. The van der Waals surface area contributed by atoms with Gasteiger partial charge in [-0.05, 0) is 30.4 Å². The molecule has 0 aliphatic carbocycles. The Morgan fingerprint density at radius 3 is 3.29 bits per heavy atom. The van der Waals surface area contributed by atoms with Crippen LogP contribution in [0.3, 0.4) is 0 Å². The number of hydrogen-bond donors (Lipinski definition) is 1. The van der Waals surface area contributed by atoms with Crippen molar-refractivity contribution >= 4 is 0 Å². The first-order chi connectivity index (χ1) is 6.86. The highest BCUT2D eigenvalue weighted by Gasteiger charge is 2.32. The topological polar surface area (TPSA) is 34.1 Å². The van der Waals surface area contributed by atoms with Crippen molar-refractivity contribution in [1.29, 1.82) is 0 Å². The average molecular weight is 190 g/mol. The molecular formula is C11H14N2O. The molecular weight excluding hydrogens is 176 g/mol. The summed E-state index contributed by atoms with van der Waals surface area (Å²) in [6.07, 6.45) is 5.64. The van der Waals surface area contributed by atoms with Crippen molar-refractivity contribution in [3.8, 4) is 5.88 Å². The standard InChI is InChI=1S/C11H14N2O/c1-14-11-5-7-4-8-2-3-10(13-8)9(7)6-12-11/h5-6,8,10,13H,2-4H2,1H3. The van der Waals surface area contributed by atoms with Crippen molar-refractivity contribution in [3.05, 3.63) is 23.4 Å². The third-order valence-electron chi connectivity index (χ3n) is 3.29. The largest absolute Gasteiger partial charge is 0.481 e. The Balaban J connectivity index is 2.05. The lowest BCUT2D eigenvalue weighted by Gasteiger charge is -2.24. The first-order valence-electron chi connectivity index (χ1n) is 5.15. The Morgan fingerprint density at radius 2 is 2.43 bits per heavy atom. The number of fused-ring (bicyclic) bond motifs is 4. The van der Waals surface area contributed by atoms with E-state index in [1.165, 1.54) is 24.0 Å². The number of nitrogens with zero attached hydrogens (tertiary/aromatic N) is 1. The van der Waals surface area contributed by atoms with E-state index in [0.717, 1.165) is 12.3 Å². The van der Waals surface area contributed by atoms with Gasteiger partial charge in [0.2, 0.25) is 5.88 Å². The summed E-state index contributed by atoms with van der Waals surface area (Å²) < 4.78 is 5.14. The van der Waals surface area contributed by atoms with Gasteiger partial charge in [-0.3, -0.25) is 0 Å². The van der Waals surface area contributed by atoms with E-state index in [0.29, 0.717) is 12.1 Å². The van der Waals surface area contributed by atoms with Gasteiger partial charge in [0, 0.05) is 24.3 Å². The van der Waals surface area contributed by atoms with Crippen LogP contribution in [0.15, 0.2) is 12.3 Å². The molecule has 1 aromatic rings. The van der Waals surface area contributed by atoms with Gasteiger partial charge in [0.05, 0.1) is 7.11 Å². The molecule has 74 valence electrons. The maximum absolute atomic E-state index is 5.14. The summed E-state index contributed by atoms with van der Waals surface area (Å²) in [5, 5.41) is 3.60. The van der Waals surface area contributed by atoms with Gasteiger partial charge in [0.1, 0.15) is 0 Å². The Bertz CT molecular complexity index is 364. The summed E-state index contributed by atoms with van der Waals surface area (Å²) >= 11 is 0. The highest BCUT2D eigenvalue weighted by molar-refractivity contribution is 5.36. The summed E-state index contributed by atoms with van der Waals surface area (Å²) in [4.78, 5) is 4.27. The number of methoxy groups -OCH3 is 1. The van der Waals surface area contributed by atoms with Crippen LogP contribution in [0.1, 0.15) is 30.0 Å². The molecule has 0 saturated carbocycles. The third-order valence-corrected chi connectivity index (χ3v) is 3.29. The number of ether oxygens (including phenoxy) is 1. The summed E-state index contributed by atoms with van der Waals surface area (Å²) in [6.45, 7) is 0. The van der Waals surface area contributed by atoms with Crippen molar-refractivity contribution in [3.63, 3.8) is 0 Å². The van der Waals surface area contributed by atoms with Crippen LogP contribution in [0.25, 0.3) is 0 Å². The van der Waals surface area contributed by atoms with Crippen molar-refractivity contribution in [2.45, 2.75) is 31.3 Å². The molecule has 1 aromatic heterocycles. The first-order valence-corrected chi connectivity index (χ1v) is 5.15. The van der Waals surface area contributed by atoms with E-state index < -0.39 is 0 Å². The zero-order chi connectivity index (χ0) is 9.54. The van der Waals surface area contributed by atoms with E-state index in [-0.39, 0.29) is 0 Å². The lowest BCUT2D eigenvalue weighted by Crippen LogP contribution is -2.31. The predicted octanol–water partition coefficient (Wildman–Crippen LogP) is 1.44. The highest BCUT2D eigenvalue weighted by Crippen LogP contribution is 2.36. The van der Waals surface area contributed by atoms with Crippen LogP contribution < -0.4 is 10.1 Å². The van der Waals surface area contributed by atoms with E-state index in [9.17, 15) is 0 Å². The maximum Gasteiger partial charge on any atom is 0.213 e. The van der Waals surface area contributed by atoms with Crippen LogP contribution in [-0.2, 0) is 6.42 Å². The third kappa shape index (κ3) is 1.12. The molecule has 2 atom stereocenters. The molecule has 2 unspecified atom stereocenters. The molecule has 3 heteroatoms. The normalized spacial score (nSPS) is 28.6. The van der Waals surface area contributed by atoms with Gasteiger partial charge in [-0.1, -0.05) is 0 Å². The van der Waals surface area contributed by atoms with Gasteiger partial charge in [-0.15, -0.1) is 0 Å². The van der Waals surface area contributed by atoms with Crippen molar-refractivity contribution in [2.24, 2.45) is 0 Å². The van der Waals surface area contributed by atoms with Crippen molar-refractivity contribution in [2.75, 3.05) is 7.11 Å². The fourth-order valence-electron chi connectivity index (χ4n) is 2.58. The van der Waals surface area contributed by atoms with Crippen LogP contribution in [0.5, 0.6) is 5.88 Å². The van der Waals surface area contributed by atoms with E-state index in [2.05, 4.69) is 16.4 Å². The fourth-order valence-corrected chi connectivity index (χ4v) is 2.58. The second-order valence-electron chi connectivity index (χ2n) is 4.12. The molecule has 3 rings (SSSR count). The molecule has 1 fully saturated rings. The minimum absolute atomic E-state index is 0.544. The van der Waals surface area contributed by atoms with E-state index in [1.807, 2.05) is 6.20 Å². The minimum atomic E-state index is 0.544. The predicted molar refractivity (Wildman–Crippen MR) is 53.4 cm³/mol. The van der Waals surface area contributed by atoms with Crippen LogP contribution in [0.2, 0.25) is 0 Å². The molecule has 0 spiro atoms. The molecule has 1 saturated heterocycles. The maximum atomic E-state index is 5.14. The Kier molecular flexibility index (Phi) is 1.74. The fraction of sp³-hybridized carbons (Fsp3) is 0.545. The van der Waals surface area contributed by atoms with E-state index in [4.69, 9.17) is 4.74 Å². The van der Waals surface area contributed by atoms with E-state index in [1.54, 1.807) is 7.11 Å². The second-order valence-corrected chi connectivity index (χ2v) is 4.12. The van der Waals surface area contributed by atoms with Gasteiger partial charge >= 0.3 is 0 Å². The first kappa shape index (κ1) is 8.24. The molecule has 2 aliphatic heterocycles. The lowest BCUT2D eigenvalue weighted by molar-refractivity contribution is 0.394. The summed E-state index contributed by atoms with van der Waals surface area (Å²) in [6, 6.07) is 3.31. The molecule has 2 bridgehead atoms. The lowest BCUT2D eigenvalue weighted by atomic mass is 9.97. The van der Waals surface area contributed by atoms with Gasteiger partial charge < -0.3 is 10.1 Å². The average Bonchev–Trinajstić information content (AvgIpc) is 2.61. The molecule has 3 nitrogen and oxygen atoms in total. The Morgan fingerprint density at radius 1 is 1.50 bits per heavy atom. The van der Waals surface area contributed by atoms with Crippen LogP contribution in [0.4, 0.5) is 0 Å². The summed E-state index contributed by atoms with van der Waals surface area (Å²) in [5.74, 6) is 0.741. The Hall–Kier alpha value is -1.09. The molecule has 1 N–H and O–H groups in total. The zero-order valence-corrected chi connectivity index (χ0v) is 8.29. The minimum Gasteiger partial charge on any atom is -0.481 e. The number of pyridine rings is 1. The second kappa shape index (κ2) is 2.95. The van der Waals surface area contributed by atoms with Crippen molar-refractivity contribution < 1.29 is 4.74 Å². The number of hydrogen-bond acceptors (Lipinski definition) is 3. The molecule has 0 amide bonds. The smallest absolute Gasteiger partial charge is 0.213 e. The van der Waals surface area contributed by atoms with Crippen LogP contribution >= 0.6 is 0 Å². The van der Waals surface area contributed by atoms with Crippen LogP contribution in [-0.4, -0.2) is 18.1 Å².